The molecule has 1 aliphatic rings. The quantitative estimate of drug-likeness (QED) is 0.457. The van der Waals surface area contributed by atoms with E-state index in [0.29, 0.717) is 0 Å². The number of nitrogens with zero attached hydrogens (tertiary/aromatic N) is 4. The lowest BCUT2D eigenvalue weighted by atomic mass is 10.7. The van der Waals surface area contributed by atoms with E-state index in [9.17, 15) is 0 Å². The molecule has 0 unspecified atom stereocenters. The molecule has 0 radical (unpaired) electrons. The van der Waals surface area contributed by atoms with Gasteiger partial charge in [0.25, 0.3) is 0 Å². The topological polar surface area (TPSA) is 22.1 Å². The third kappa shape index (κ3) is 0.853. The molecule has 9 heavy (non-hydrogen) atoms. The van der Waals surface area contributed by atoms with Gasteiger partial charge in [-0.2, -0.15) is 0 Å². The van der Waals surface area contributed by atoms with E-state index in [4.69, 9.17) is 0 Å². The zero-order valence-corrected chi connectivity index (χ0v) is 6.29. The van der Waals surface area contributed by atoms with Crippen LogP contribution in [0.1, 0.15) is 6.92 Å². The van der Waals surface area contributed by atoms with Crippen molar-refractivity contribution in [3.63, 3.8) is 0 Å². The number of hydrogen-bond donors (Lipinski definition) is 0. The minimum atomic E-state index is 1.01. The van der Waals surface area contributed by atoms with Crippen LogP contribution in [0.3, 0.4) is 0 Å². The molecule has 4 heteroatoms. The van der Waals surface area contributed by atoms with E-state index in [2.05, 4.69) is 5.10 Å². The molecule has 0 aromatic carbocycles. The van der Waals surface area contributed by atoms with E-state index in [0.717, 1.165) is 5.84 Å². The first-order chi connectivity index (χ1) is 4.13. The summed E-state index contributed by atoms with van der Waals surface area (Å²) in [4.78, 5) is 0. The Morgan fingerprint density at radius 3 is 1.89 bits per heavy atom. The number of hydrazone groups is 1. The molecule has 0 fully saturated rings. The summed E-state index contributed by atoms with van der Waals surface area (Å²) in [6, 6.07) is 0. The molecule has 0 bridgehead atoms. The van der Waals surface area contributed by atoms with E-state index in [1.807, 2.05) is 38.2 Å². The van der Waals surface area contributed by atoms with Crippen LogP contribution >= 0.6 is 0 Å². The van der Waals surface area contributed by atoms with Crippen molar-refractivity contribution in [2.24, 2.45) is 5.10 Å². The average molecular weight is 128 g/mol. The highest BCUT2D eigenvalue weighted by molar-refractivity contribution is 5.79. The molecule has 52 valence electrons. The van der Waals surface area contributed by atoms with Crippen molar-refractivity contribution in [3.8, 4) is 0 Å². The van der Waals surface area contributed by atoms with Crippen LogP contribution in [0.4, 0.5) is 0 Å². The fourth-order valence-electron chi connectivity index (χ4n) is 0.742. The molecule has 0 aromatic heterocycles. The van der Waals surface area contributed by atoms with Crippen molar-refractivity contribution in [2.75, 3.05) is 21.1 Å². The first-order valence-electron chi connectivity index (χ1n) is 2.89. The molecule has 0 aliphatic carbocycles. The van der Waals surface area contributed by atoms with Gasteiger partial charge in [-0.05, 0) is 6.92 Å². The van der Waals surface area contributed by atoms with Crippen LogP contribution in [-0.4, -0.2) is 42.2 Å². The minimum absolute atomic E-state index is 1.01. The number of rotatable bonds is 0. The van der Waals surface area contributed by atoms with E-state index in [1.165, 1.54) is 0 Å². The van der Waals surface area contributed by atoms with Gasteiger partial charge < -0.3 is 0 Å². The summed E-state index contributed by atoms with van der Waals surface area (Å²) in [5, 5.41) is 9.84. The summed E-state index contributed by atoms with van der Waals surface area (Å²) < 4.78 is 0. The second-order valence-corrected chi connectivity index (χ2v) is 2.15. The molecular formula is C5H12N4. The van der Waals surface area contributed by atoms with E-state index in [1.54, 1.807) is 5.12 Å². The average Bonchev–Trinajstić information content (AvgIpc) is 1.98. The Morgan fingerprint density at radius 2 is 1.78 bits per heavy atom. The molecule has 0 saturated carbocycles. The smallest absolute Gasteiger partial charge is 0.139 e. The van der Waals surface area contributed by atoms with Gasteiger partial charge in [-0.1, -0.05) is 0 Å². The molecule has 0 spiro atoms. The third-order valence-corrected chi connectivity index (χ3v) is 1.61. The van der Waals surface area contributed by atoms with E-state index < -0.39 is 0 Å². The summed E-state index contributed by atoms with van der Waals surface area (Å²) in [5.41, 5.74) is 0. The minimum Gasteiger partial charge on any atom is -0.276 e. The lowest BCUT2D eigenvalue weighted by Gasteiger charge is -2.24. The van der Waals surface area contributed by atoms with Gasteiger partial charge in [-0.25, -0.2) is 5.12 Å². The largest absolute Gasteiger partial charge is 0.276 e. The third-order valence-electron chi connectivity index (χ3n) is 1.61. The monoisotopic (exact) mass is 128 g/mol. The molecule has 0 saturated heterocycles. The molecule has 1 rings (SSSR count). The maximum absolute atomic E-state index is 4.15. The highest BCUT2D eigenvalue weighted by Gasteiger charge is 2.18. The zero-order valence-electron chi connectivity index (χ0n) is 6.29. The Labute approximate surface area is 55.3 Å². The molecular weight excluding hydrogens is 116 g/mol. The highest BCUT2D eigenvalue weighted by atomic mass is 16.0. The van der Waals surface area contributed by atoms with Gasteiger partial charge >= 0.3 is 0 Å². The second kappa shape index (κ2) is 1.88. The molecule has 4 nitrogen and oxygen atoms in total. The van der Waals surface area contributed by atoms with Crippen molar-refractivity contribution in [1.82, 2.24) is 15.2 Å². The normalized spacial score (nSPS) is 21.1. The fraction of sp³-hybridized carbons (Fsp3) is 0.800. The summed E-state index contributed by atoms with van der Waals surface area (Å²) in [6.07, 6.45) is 0. The van der Waals surface area contributed by atoms with Crippen molar-refractivity contribution in [3.05, 3.63) is 0 Å². The Hall–Kier alpha value is -0.770. The molecule has 1 heterocycles. The summed E-state index contributed by atoms with van der Waals surface area (Å²) in [5.74, 6) is 1.01. The van der Waals surface area contributed by atoms with Crippen molar-refractivity contribution in [2.45, 2.75) is 6.92 Å². The van der Waals surface area contributed by atoms with Crippen LogP contribution in [-0.2, 0) is 0 Å². The predicted molar refractivity (Wildman–Crippen MR) is 36.4 cm³/mol. The van der Waals surface area contributed by atoms with Gasteiger partial charge in [0.05, 0.1) is 0 Å². The van der Waals surface area contributed by atoms with Gasteiger partial charge in [0, 0.05) is 21.1 Å². The maximum Gasteiger partial charge on any atom is 0.139 e. The summed E-state index contributed by atoms with van der Waals surface area (Å²) in [6.45, 7) is 1.97. The van der Waals surface area contributed by atoms with Gasteiger partial charge in [-0.3, -0.25) is 5.01 Å². The highest BCUT2D eigenvalue weighted by Crippen LogP contribution is 2.06. The predicted octanol–water partition coefficient (Wildman–Crippen LogP) is -0.0412. The van der Waals surface area contributed by atoms with E-state index >= 15 is 0 Å². The lowest BCUT2D eigenvalue weighted by molar-refractivity contribution is -0.0677. The molecule has 0 aromatic rings. The Morgan fingerprint density at radius 1 is 1.22 bits per heavy atom. The Kier molecular flexibility index (Phi) is 1.32. The zero-order chi connectivity index (χ0) is 7.02. The maximum atomic E-state index is 4.15. The number of hydrazine groups is 2. The Balaban J connectivity index is 2.70. The van der Waals surface area contributed by atoms with Gasteiger partial charge in [-0.15, -0.1) is 10.2 Å². The van der Waals surface area contributed by atoms with Crippen molar-refractivity contribution in [1.29, 1.82) is 0 Å². The Bertz CT molecular complexity index is 142. The molecule has 0 amide bonds. The van der Waals surface area contributed by atoms with E-state index in [-0.39, 0.29) is 0 Å². The van der Waals surface area contributed by atoms with Crippen molar-refractivity contribution < 1.29 is 0 Å². The number of amidine groups is 1. The van der Waals surface area contributed by atoms with Gasteiger partial charge in [0.2, 0.25) is 0 Å². The summed E-state index contributed by atoms with van der Waals surface area (Å²) >= 11 is 0. The van der Waals surface area contributed by atoms with Crippen LogP contribution < -0.4 is 0 Å². The first-order valence-corrected chi connectivity index (χ1v) is 2.89. The lowest BCUT2D eigenvalue weighted by Crippen LogP contribution is -2.39. The molecule has 0 N–H and O–H groups in total. The molecule has 0 atom stereocenters. The standard InChI is InChI=1S/C5H12N4/c1-5-6-8(3)9(4)7(5)2/h1-4H3. The SMILES string of the molecule is CC1=NN(C)N(C)N1C. The van der Waals surface area contributed by atoms with Crippen molar-refractivity contribution >= 4 is 5.84 Å². The molecule has 1 aliphatic heterocycles. The van der Waals surface area contributed by atoms with Gasteiger partial charge in [0.15, 0.2) is 0 Å². The van der Waals surface area contributed by atoms with Crippen LogP contribution in [0.15, 0.2) is 5.10 Å². The summed E-state index contributed by atoms with van der Waals surface area (Å²) in [7, 11) is 5.84. The van der Waals surface area contributed by atoms with Crippen LogP contribution in [0, 0.1) is 0 Å². The van der Waals surface area contributed by atoms with Crippen LogP contribution in [0.25, 0.3) is 0 Å². The van der Waals surface area contributed by atoms with Gasteiger partial charge in [0.1, 0.15) is 5.84 Å². The second-order valence-electron chi connectivity index (χ2n) is 2.15. The number of hydrogen-bond acceptors (Lipinski definition) is 4. The van der Waals surface area contributed by atoms with Crippen LogP contribution in [0.5, 0.6) is 0 Å². The fourth-order valence-corrected chi connectivity index (χ4v) is 0.742. The first kappa shape index (κ1) is 6.35. The van der Waals surface area contributed by atoms with Crippen LogP contribution in [0.2, 0.25) is 0 Å².